The van der Waals surface area contributed by atoms with Gasteiger partial charge in [0.2, 0.25) is 0 Å². The molecule has 0 aromatic carbocycles. The third-order valence-corrected chi connectivity index (χ3v) is 2.37. The van der Waals surface area contributed by atoms with Gasteiger partial charge in [0.15, 0.2) is 0 Å². The topological polar surface area (TPSA) is 113 Å². The molecule has 0 aromatic rings. The van der Waals surface area contributed by atoms with Crippen LogP contribution in [0.1, 0.15) is 52.0 Å². The van der Waals surface area contributed by atoms with Crippen molar-refractivity contribution in [3.05, 3.63) is 0 Å². The van der Waals surface area contributed by atoms with E-state index in [1.54, 1.807) is 0 Å². The minimum absolute atomic E-state index is 0. The summed E-state index contributed by atoms with van der Waals surface area (Å²) in [5, 5.41) is 13.9. The Bertz CT molecular complexity index is 168. The third-order valence-electron chi connectivity index (χ3n) is 2.37. The minimum Gasteiger partial charge on any atom is -0.395 e. The number of nitrogens with two attached hydrogens (primary N) is 2. The molecule has 1 rings (SSSR count). The molecule has 0 aliphatic carbocycles. The Labute approximate surface area is 176 Å². The summed E-state index contributed by atoms with van der Waals surface area (Å²) in [6.45, 7) is 9.04. The molecular weight excluding hydrogens is 340 g/mol. The molecule has 1 aliphatic heterocycles. The van der Waals surface area contributed by atoms with Gasteiger partial charge in [0.25, 0.3) is 0 Å². The van der Waals surface area contributed by atoms with E-state index < -0.39 is 0 Å². The lowest BCUT2D eigenvalue weighted by atomic mass is 10.4. The van der Waals surface area contributed by atoms with Crippen LogP contribution in [0.4, 0.5) is 0 Å². The monoisotopic (exact) mass is 405 g/mol. The molecule has 0 bridgehead atoms. The van der Waals surface area contributed by atoms with Crippen molar-refractivity contribution in [1.29, 1.82) is 0 Å². The SMILES string of the molecule is C.C.C.C.C.C.C.C1CN1.CNCCN(CCN)CCN(C)C.NCCO. The van der Waals surface area contributed by atoms with Gasteiger partial charge in [0.1, 0.15) is 0 Å². The Kier molecular flexibility index (Phi) is 104. The van der Waals surface area contributed by atoms with Crippen molar-refractivity contribution in [2.75, 3.05) is 86.7 Å². The second-order valence-corrected chi connectivity index (χ2v) is 4.80. The van der Waals surface area contributed by atoms with Gasteiger partial charge in [-0.3, -0.25) is 4.90 Å². The van der Waals surface area contributed by atoms with Gasteiger partial charge < -0.3 is 32.1 Å². The maximum Gasteiger partial charge on any atom is 0.0553 e. The van der Waals surface area contributed by atoms with Gasteiger partial charge in [-0.15, -0.1) is 0 Å². The highest BCUT2D eigenvalue weighted by Crippen LogP contribution is 1.86. The fourth-order valence-electron chi connectivity index (χ4n) is 1.13. The second-order valence-electron chi connectivity index (χ2n) is 4.80. The highest BCUT2D eigenvalue weighted by molar-refractivity contribution is 4.61. The predicted octanol–water partition coefficient (Wildman–Crippen LogP) is 2.01. The molecule has 7 heteroatoms. The van der Waals surface area contributed by atoms with Crippen molar-refractivity contribution in [3.8, 4) is 0 Å². The van der Waals surface area contributed by atoms with Crippen molar-refractivity contribution < 1.29 is 5.11 Å². The maximum atomic E-state index is 7.75. The van der Waals surface area contributed by atoms with Crippen molar-refractivity contribution in [3.63, 3.8) is 0 Å². The molecule has 0 amide bonds. The molecule has 1 saturated heterocycles. The fourth-order valence-corrected chi connectivity index (χ4v) is 1.13. The van der Waals surface area contributed by atoms with Crippen LogP contribution in [0.5, 0.6) is 0 Å². The predicted molar refractivity (Wildman–Crippen MR) is 134 cm³/mol. The molecule has 0 saturated carbocycles. The first-order valence-electron chi connectivity index (χ1n) is 7.35. The summed E-state index contributed by atoms with van der Waals surface area (Å²) >= 11 is 0. The van der Waals surface area contributed by atoms with Crippen LogP contribution in [0.15, 0.2) is 0 Å². The van der Waals surface area contributed by atoms with Crippen LogP contribution in [0.3, 0.4) is 0 Å². The summed E-state index contributed by atoms with van der Waals surface area (Å²) in [4.78, 5) is 4.58. The first kappa shape index (κ1) is 56.3. The Hall–Kier alpha value is -0.280. The van der Waals surface area contributed by atoms with Gasteiger partial charge in [-0.25, -0.2) is 0 Å². The van der Waals surface area contributed by atoms with E-state index >= 15 is 0 Å². The molecule has 1 heterocycles. The van der Waals surface area contributed by atoms with Gasteiger partial charge in [0.05, 0.1) is 6.61 Å². The van der Waals surface area contributed by atoms with Crippen LogP contribution in [-0.2, 0) is 0 Å². The van der Waals surface area contributed by atoms with Crippen LogP contribution in [0.2, 0.25) is 0 Å². The zero-order chi connectivity index (χ0) is 15.6. The molecule has 1 fully saturated rings. The van der Waals surface area contributed by atoms with E-state index in [1.165, 1.54) is 13.1 Å². The number of hydrogen-bond acceptors (Lipinski definition) is 7. The van der Waals surface area contributed by atoms with Crippen LogP contribution in [0, 0.1) is 0 Å². The van der Waals surface area contributed by atoms with E-state index in [9.17, 15) is 0 Å². The maximum absolute atomic E-state index is 7.75. The van der Waals surface area contributed by atoms with Crippen molar-refractivity contribution in [2.45, 2.75) is 52.0 Å². The highest BCUT2D eigenvalue weighted by Gasteiger charge is 2.02. The standard InChI is InChI=1S/C9H24N4.C2H7NO.C2H5N.7CH4/c1-11-5-7-13(6-4-10)9-8-12(2)3;3-1-2-4;1-2-3-1;;;;;;;/h11H,4-10H2,1-3H3;4H,1-3H2;3H,1-2H2;7*1H4. The third kappa shape index (κ3) is 76.9. The van der Waals surface area contributed by atoms with Gasteiger partial charge in [-0.05, 0) is 21.1 Å². The van der Waals surface area contributed by atoms with Gasteiger partial charge in [-0.1, -0.05) is 52.0 Å². The van der Waals surface area contributed by atoms with Crippen LogP contribution >= 0.6 is 0 Å². The number of aliphatic hydroxyl groups is 1. The summed E-state index contributed by atoms with van der Waals surface area (Å²) in [6, 6.07) is 0. The van der Waals surface area contributed by atoms with Crippen molar-refractivity contribution >= 4 is 0 Å². The zero-order valence-electron chi connectivity index (χ0n) is 13.6. The van der Waals surface area contributed by atoms with Crippen LogP contribution < -0.4 is 22.1 Å². The van der Waals surface area contributed by atoms with Crippen molar-refractivity contribution in [1.82, 2.24) is 20.4 Å². The molecule has 7 nitrogen and oxygen atoms in total. The Morgan fingerprint density at radius 2 is 1.22 bits per heavy atom. The molecule has 0 atom stereocenters. The first-order valence-corrected chi connectivity index (χ1v) is 7.35. The molecule has 1 aliphatic rings. The largest absolute Gasteiger partial charge is 0.395 e. The van der Waals surface area contributed by atoms with E-state index in [4.69, 9.17) is 16.6 Å². The number of nitrogens with one attached hydrogen (secondary N) is 2. The van der Waals surface area contributed by atoms with Gasteiger partial charge >= 0.3 is 0 Å². The van der Waals surface area contributed by atoms with E-state index in [-0.39, 0.29) is 58.6 Å². The van der Waals surface area contributed by atoms with Crippen LogP contribution in [0.25, 0.3) is 0 Å². The smallest absolute Gasteiger partial charge is 0.0553 e. The summed E-state index contributed by atoms with van der Waals surface area (Å²) in [7, 11) is 6.17. The second kappa shape index (κ2) is 50.1. The van der Waals surface area contributed by atoms with Crippen molar-refractivity contribution in [2.24, 2.45) is 11.5 Å². The van der Waals surface area contributed by atoms with E-state index in [0.717, 1.165) is 39.3 Å². The normalized spacial score (nSPS) is 9.33. The molecule has 27 heavy (non-hydrogen) atoms. The number of likely N-dealkylation sites (N-methyl/N-ethyl adjacent to an activating group) is 2. The lowest BCUT2D eigenvalue weighted by Crippen LogP contribution is -2.38. The molecule has 0 radical (unpaired) electrons. The number of rotatable bonds is 9. The lowest BCUT2D eigenvalue weighted by Gasteiger charge is -2.23. The van der Waals surface area contributed by atoms with E-state index in [2.05, 4.69) is 34.5 Å². The average Bonchev–Trinajstić information content (AvgIpc) is 3.30. The lowest BCUT2D eigenvalue weighted by molar-refractivity contribution is 0.247. The first-order chi connectivity index (χ1) is 9.62. The highest BCUT2D eigenvalue weighted by atomic mass is 16.3. The van der Waals surface area contributed by atoms with Crippen LogP contribution in [-0.4, -0.2) is 102 Å². The number of aliphatic hydroxyl groups excluding tert-OH is 1. The quantitative estimate of drug-likeness (QED) is 0.374. The molecule has 7 N–H and O–H groups in total. The number of nitrogens with zero attached hydrogens (tertiary/aromatic N) is 2. The Balaban J connectivity index is -0.0000000286. The van der Waals surface area contributed by atoms with Gasteiger partial charge in [0, 0.05) is 58.9 Å². The molecular formula is C20H64N6O. The fraction of sp³-hybridized carbons (Fsp3) is 1.00. The zero-order valence-corrected chi connectivity index (χ0v) is 13.6. The van der Waals surface area contributed by atoms with E-state index in [0.29, 0.717) is 6.54 Å². The molecule has 180 valence electrons. The summed E-state index contributed by atoms with van der Waals surface area (Å²) < 4.78 is 0. The Morgan fingerprint density at radius 1 is 0.815 bits per heavy atom. The molecule has 0 unspecified atom stereocenters. The van der Waals surface area contributed by atoms with E-state index in [1.807, 2.05) is 7.05 Å². The summed E-state index contributed by atoms with van der Waals surface area (Å²) in [6.07, 6.45) is 0. The molecule has 0 spiro atoms. The molecule has 0 aromatic heterocycles. The number of hydrogen-bond donors (Lipinski definition) is 5. The van der Waals surface area contributed by atoms with Gasteiger partial charge in [-0.2, -0.15) is 0 Å². The average molecular weight is 405 g/mol. The summed E-state index contributed by atoms with van der Waals surface area (Å²) in [5.41, 5.74) is 10.3. The Morgan fingerprint density at radius 3 is 1.44 bits per heavy atom. The summed E-state index contributed by atoms with van der Waals surface area (Å²) in [5.74, 6) is 0. The minimum atomic E-state index is 0.